The quantitative estimate of drug-likeness (QED) is 0.848. The summed E-state index contributed by atoms with van der Waals surface area (Å²) in [5.41, 5.74) is 2.00. The molecule has 0 unspecified atom stereocenters. The van der Waals surface area contributed by atoms with Gasteiger partial charge in [0, 0.05) is 23.3 Å². The molecule has 122 valence electrons. The number of allylic oxidation sites excluding steroid dienone is 2. The van der Waals surface area contributed by atoms with Crippen molar-refractivity contribution < 1.29 is 24.4 Å². The van der Waals surface area contributed by atoms with E-state index in [0.29, 0.717) is 35.8 Å². The van der Waals surface area contributed by atoms with E-state index in [-0.39, 0.29) is 11.8 Å². The van der Waals surface area contributed by atoms with Gasteiger partial charge in [-0.05, 0) is 12.8 Å². The Morgan fingerprint density at radius 2 is 1.30 bits per heavy atom. The highest BCUT2D eigenvalue weighted by atomic mass is 16.5. The first kappa shape index (κ1) is 15.1. The van der Waals surface area contributed by atoms with Gasteiger partial charge in [0.15, 0.2) is 11.5 Å². The lowest BCUT2D eigenvalue weighted by molar-refractivity contribution is 0.323. The highest BCUT2D eigenvalue weighted by molar-refractivity contribution is 5.62. The van der Waals surface area contributed by atoms with E-state index in [1.54, 1.807) is 12.1 Å². The van der Waals surface area contributed by atoms with Gasteiger partial charge in [-0.2, -0.15) is 0 Å². The number of methoxy groups -OCH3 is 3. The summed E-state index contributed by atoms with van der Waals surface area (Å²) in [4.78, 5) is 0. The molecule has 6 nitrogen and oxygen atoms in total. The van der Waals surface area contributed by atoms with Crippen molar-refractivity contribution in [2.75, 3.05) is 21.3 Å². The Bertz CT molecular complexity index is 719. The SMILES string of the molecule is COc1cc(-n2c(O)c3c(c2O)CC=CC3)cc(OC)c1OC. The third kappa shape index (κ3) is 2.27. The first-order valence-corrected chi connectivity index (χ1v) is 7.22. The van der Waals surface area contributed by atoms with E-state index in [1.807, 2.05) is 12.2 Å². The lowest BCUT2D eigenvalue weighted by Gasteiger charge is -2.15. The first-order valence-electron chi connectivity index (χ1n) is 7.22. The lowest BCUT2D eigenvalue weighted by Crippen LogP contribution is -1.99. The topological polar surface area (TPSA) is 73.1 Å². The summed E-state index contributed by atoms with van der Waals surface area (Å²) in [5.74, 6) is 1.40. The molecule has 0 saturated carbocycles. The molecule has 3 rings (SSSR count). The molecule has 2 aromatic rings. The second kappa shape index (κ2) is 5.79. The van der Waals surface area contributed by atoms with Gasteiger partial charge in [0.2, 0.25) is 17.5 Å². The molecule has 0 bridgehead atoms. The van der Waals surface area contributed by atoms with E-state index in [1.165, 1.54) is 25.9 Å². The predicted molar refractivity (Wildman–Crippen MR) is 85.3 cm³/mol. The highest BCUT2D eigenvalue weighted by Gasteiger charge is 2.25. The maximum Gasteiger partial charge on any atom is 0.203 e. The van der Waals surface area contributed by atoms with Crippen LogP contribution in [0, 0.1) is 0 Å². The van der Waals surface area contributed by atoms with Gasteiger partial charge in [-0.25, -0.2) is 0 Å². The minimum absolute atomic E-state index is 0.0242. The lowest BCUT2D eigenvalue weighted by atomic mass is 10.0. The van der Waals surface area contributed by atoms with Crippen LogP contribution in [0.3, 0.4) is 0 Å². The summed E-state index contributed by atoms with van der Waals surface area (Å²) >= 11 is 0. The molecule has 1 aliphatic rings. The first-order chi connectivity index (χ1) is 11.1. The molecule has 23 heavy (non-hydrogen) atoms. The second-order valence-corrected chi connectivity index (χ2v) is 5.20. The van der Waals surface area contributed by atoms with Gasteiger partial charge in [0.25, 0.3) is 0 Å². The van der Waals surface area contributed by atoms with Gasteiger partial charge >= 0.3 is 0 Å². The summed E-state index contributed by atoms with van der Waals surface area (Å²) in [6, 6.07) is 3.36. The Hall–Kier alpha value is -2.76. The Morgan fingerprint density at radius 3 is 1.70 bits per heavy atom. The normalized spacial score (nSPS) is 12.8. The fraction of sp³-hybridized carbons (Fsp3) is 0.294. The molecule has 0 saturated heterocycles. The fourth-order valence-electron chi connectivity index (χ4n) is 2.91. The second-order valence-electron chi connectivity index (χ2n) is 5.20. The Kier molecular flexibility index (Phi) is 3.82. The van der Waals surface area contributed by atoms with Crippen molar-refractivity contribution in [3.63, 3.8) is 0 Å². The molecular formula is C17H19NO5. The van der Waals surface area contributed by atoms with Crippen molar-refractivity contribution >= 4 is 0 Å². The zero-order valence-corrected chi connectivity index (χ0v) is 13.3. The van der Waals surface area contributed by atoms with Crippen LogP contribution in [0.1, 0.15) is 11.1 Å². The molecule has 1 aliphatic carbocycles. The van der Waals surface area contributed by atoms with E-state index >= 15 is 0 Å². The maximum atomic E-state index is 10.5. The average molecular weight is 317 g/mol. The van der Waals surface area contributed by atoms with Crippen molar-refractivity contribution in [1.82, 2.24) is 4.57 Å². The Labute approximate surface area is 134 Å². The van der Waals surface area contributed by atoms with Crippen LogP contribution in [0.5, 0.6) is 29.0 Å². The molecule has 6 heteroatoms. The predicted octanol–water partition coefficient (Wildman–Crippen LogP) is 2.57. The minimum Gasteiger partial charge on any atom is -0.494 e. The molecule has 1 aromatic heterocycles. The summed E-state index contributed by atoms with van der Waals surface area (Å²) in [7, 11) is 4.56. The van der Waals surface area contributed by atoms with E-state index in [4.69, 9.17) is 14.2 Å². The number of hydrogen-bond acceptors (Lipinski definition) is 5. The van der Waals surface area contributed by atoms with Gasteiger partial charge in [-0.1, -0.05) is 12.2 Å². The number of nitrogens with zero attached hydrogens (tertiary/aromatic N) is 1. The van der Waals surface area contributed by atoms with Crippen molar-refractivity contribution in [1.29, 1.82) is 0 Å². The van der Waals surface area contributed by atoms with Crippen molar-refractivity contribution in [2.45, 2.75) is 12.8 Å². The van der Waals surface area contributed by atoms with Crippen LogP contribution in [0.4, 0.5) is 0 Å². The number of aromatic nitrogens is 1. The molecule has 1 heterocycles. The smallest absolute Gasteiger partial charge is 0.203 e. The number of benzene rings is 1. The van der Waals surface area contributed by atoms with Gasteiger partial charge in [0.05, 0.1) is 27.0 Å². The van der Waals surface area contributed by atoms with Crippen LogP contribution >= 0.6 is 0 Å². The van der Waals surface area contributed by atoms with Crippen LogP contribution in [0.2, 0.25) is 0 Å². The molecule has 1 aromatic carbocycles. The van der Waals surface area contributed by atoms with Crippen molar-refractivity contribution in [3.8, 4) is 34.7 Å². The van der Waals surface area contributed by atoms with Gasteiger partial charge in [-0.3, -0.25) is 4.57 Å². The Balaban J connectivity index is 2.22. The Morgan fingerprint density at radius 1 is 0.826 bits per heavy atom. The zero-order valence-electron chi connectivity index (χ0n) is 13.3. The third-order valence-corrected chi connectivity index (χ3v) is 4.05. The average Bonchev–Trinajstić information content (AvgIpc) is 2.85. The molecule has 0 atom stereocenters. The van der Waals surface area contributed by atoms with Crippen LogP contribution in [0.25, 0.3) is 5.69 Å². The molecular weight excluding hydrogens is 298 g/mol. The third-order valence-electron chi connectivity index (χ3n) is 4.05. The summed E-state index contributed by atoms with van der Waals surface area (Å²) in [6.07, 6.45) is 5.13. The van der Waals surface area contributed by atoms with Crippen LogP contribution in [-0.2, 0) is 12.8 Å². The fourth-order valence-corrected chi connectivity index (χ4v) is 2.91. The molecule has 0 radical (unpaired) electrons. The minimum atomic E-state index is 0.0242. The zero-order chi connectivity index (χ0) is 16.6. The number of aromatic hydroxyl groups is 2. The number of hydrogen-bond donors (Lipinski definition) is 2. The number of rotatable bonds is 4. The molecule has 0 spiro atoms. The summed E-state index contributed by atoms with van der Waals surface area (Å²) in [6.45, 7) is 0. The summed E-state index contributed by atoms with van der Waals surface area (Å²) in [5, 5.41) is 21.0. The molecule has 0 amide bonds. The number of ether oxygens (including phenoxy) is 3. The molecule has 2 N–H and O–H groups in total. The van der Waals surface area contributed by atoms with E-state index < -0.39 is 0 Å². The van der Waals surface area contributed by atoms with Gasteiger partial charge in [0.1, 0.15) is 0 Å². The van der Waals surface area contributed by atoms with Crippen molar-refractivity contribution in [3.05, 3.63) is 35.4 Å². The van der Waals surface area contributed by atoms with Gasteiger partial charge in [-0.15, -0.1) is 0 Å². The van der Waals surface area contributed by atoms with Crippen molar-refractivity contribution in [2.24, 2.45) is 0 Å². The summed E-state index contributed by atoms with van der Waals surface area (Å²) < 4.78 is 17.3. The van der Waals surface area contributed by atoms with Crippen LogP contribution in [0.15, 0.2) is 24.3 Å². The van der Waals surface area contributed by atoms with E-state index in [2.05, 4.69) is 0 Å². The maximum absolute atomic E-state index is 10.5. The monoisotopic (exact) mass is 317 g/mol. The standard InChI is InChI=1S/C17H19NO5/c1-21-13-8-10(9-14(22-2)15(13)23-3)18-16(19)11-6-4-5-7-12(11)17(18)20/h4-5,8-9,19-20H,6-7H2,1-3H3. The van der Waals surface area contributed by atoms with E-state index in [0.717, 1.165) is 11.1 Å². The van der Waals surface area contributed by atoms with Gasteiger partial charge < -0.3 is 24.4 Å². The highest BCUT2D eigenvalue weighted by Crippen LogP contribution is 2.44. The van der Waals surface area contributed by atoms with Crippen LogP contribution < -0.4 is 14.2 Å². The van der Waals surface area contributed by atoms with Crippen LogP contribution in [-0.4, -0.2) is 36.1 Å². The van der Waals surface area contributed by atoms with E-state index in [9.17, 15) is 10.2 Å². The largest absolute Gasteiger partial charge is 0.494 e. The molecule has 0 aliphatic heterocycles. The number of fused-ring (bicyclic) bond motifs is 1. The molecule has 0 fully saturated rings.